The Balaban J connectivity index is 4.55. The molecular weight excluding hydrogens is 146 g/mol. The fraction of sp³-hybridized carbons (Fsp3) is 0.714. The smallest absolute Gasteiger partial charge is 0.321 e. The number of carboxylic acids is 1. The molecule has 0 radical (unpaired) electrons. The van der Waals surface area contributed by atoms with E-state index in [0.717, 1.165) is 0 Å². The molecule has 11 heavy (non-hydrogen) atoms. The Hall–Kier alpha value is -0.900. The molecule has 0 saturated heterocycles. The van der Waals surface area contributed by atoms with Gasteiger partial charge in [0.05, 0.1) is 0 Å². The molecule has 0 aromatic rings. The number of nitrogens with two attached hydrogens (primary N) is 1. The first-order valence-electron chi connectivity index (χ1n) is 3.29. The maximum Gasteiger partial charge on any atom is 0.321 e. The van der Waals surface area contributed by atoms with Crippen molar-refractivity contribution in [2.75, 3.05) is 0 Å². The van der Waals surface area contributed by atoms with Crippen LogP contribution in [0.4, 0.5) is 0 Å². The summed E-state index contributed by atoms with van der Waals surface area (Å²) in [5, 5.41) is 8.49. The van der Waals surface area contributed by atoms with Gasteiger partial charge in [0.25, 0.3) is 0 Å². The predicted molar refractivity (Wildman–Crippen MR) is 40.1 cm³/mol. The van der Waals surface area contributed by atoms with Crippen LogP contribution >= 0.6 is 0 Å². The van der Waals surface area contributed by atoms with Crippen LogP contribution in [0.5, 0.6) is 0 Å². The zero-order valence-electron chi connectivity index (χ0n) is 6.92. The number of Topliss-reactive ketones (excluding diaryl/α,β-unsaturated/α-hetero) is 1. The van der Waals surface area contributed by atoms with Crippen LogP contribution in [-0.4, -0.2) is 22.9 Å². The van der Waals surface area contributed by atoms with Crippen LogP contribution in [-0.2, 0) is 9.59 Å². The molecule has 0 spiro atoms. The summed E-state index contributed by atoms with van der Waals surface area (Å²) < 4.78 is 0. The van der Waals surface area contributed by atoms with E-state index in [1.807, 2.05) is 0 Å². The fourth-order valence-electron chi connectivity index (χ4n) is 0.528. The molecule has 0 rings (SSSR count). The minimum Gasteiger partial charge on any atom is -0.480 e. The van der Waals surface area contributed by atoms with Crippen LogP contribution in [0, 0.1) is 5.41 Å². The van der Waals surface area contributed by atoms with Gasteiger partial charge in [-0.25, -0.2) is 0 Å². The second kappa shape index (κ2) is 3.00. The molecule has 1 atom stereocenters. The number of ketones is 1. The van der Waals surface area contributed by atoms with E-state index in [4.69, 9.17) is 10.8 Å². The van der Waals surface area contributed by atoms with Gasteiger partial charge in [0.1, 0.15) is 11.8 Å². The summed E-state index contributed by atoms with van der Waals surface area (Å²) in [4.78, 5) is 21.2. The van der Waals surface area contributed by atoms with E-state index in [1.165, 1.54) is 20.8 Å². The summed E-state index contributed by atoms with van der Waals surface area (Å²) in [6.07, 6.45) is 0. The molecule has 4 nitrogen and oxygen atoms in total. The van der Waals surface area contributed by atoms with Crippen molar-refractivity contribution in [3.05, 3.63) is 0 Å². The lowest BCUT2D eigenvalue weighted by Crippen LogP contribution is -2.47. The van der Waals surface area contributed by atoms with Crippen molar-refractivity contribution in [2.45, 2.75) is 26.8 Å². The summed E-state index contributed by atoms with van der Waals surface area (Å²) in [5.74, 6) is -1.36. The van der Waals surface area contributed by atoms with Crippen molar-refractivity contribution in [1.82, 2.24) is 0 Å². The highest BCUT2D eigenvalue weighted by atomic mass is 16.4. The highest BCUT2D eigenvalue weighted by Crippen LogP contribution is 2.20. The molecule has 0 aliphatic rings. The SMILES string of the molecule is CC(=O)C(C)(C)C(N)C(=O)O. The highest BCUT2D eigenvalue weighted by Gasteiger charge is 2.35. The third-order valence-electron chi connectivity index (χ3n) is 1.95. The van der Waals surface area contributed by atoms with Gasteiger partial charge in [0, 0.05) is 5.41 Å². The van der Waals surface area contributed by atoms with E-state index in [-0.39, 0.29) is 5.78 Å². The van der Waals surface area contributed by atoms with Gasteiger partial charge in [-0.2, -0.15) is 0 Å². The minimum absolute atomic E-state index is 0.215. The molecule has 0 amide bonds. The molecule has 0 heterocycles. The Morgan fingerprint density at radius 1 is 1.45 bits per heavy atom. The predicted octanol–water partition coefficient (Wildman–Crippen LogP) is 0.0135. The number of hydrogen-bond donors (Lipinski definition) is 2. The van der Waals surface area contributed by atoms with Gasteiger partial charge in [-0.3, -0.25) is 9.59 Å². The third kappa shape index (κ3) is 2.01. The Kier molecular flexibility index (Phi) is 2.76. The summed E-state index contributed by atoms with van der Waals surface area (Å²) in [6, 6.07) is -1.13. The maximum absolute atomic E-state index is 10.9. The van der Waals surface area contributed by atoms with E-state index in [9.17, 15) is 9.59 Å². The molecule has 0 aromatic heterocycles. The standard InChI is InChI=1S/C7H13NO3/c1-4(9)7(2,3)5(8)6(10)11/h5H,8H2,1-3H3,(H,10,11). The number of carbonyl (C=O) groups is 2. The molecule has 0 aliphatic heterocycles. The van der Waals surface area contributed by atoms with Crippen molar-refractivity contribution in [3.8, 4) is 0 Å². The first-order chi connectivity index (χ1) is 4.80. The highest BCUT2D eigenvalue weighted by molar-refractivity contribution is 5.89. The summed E-state index contributed by atoms with van der Waals surface area (Å²) in [5.41, 5.74) is 4.29. The molecule has 1 unspecified atom stereocenters. The molecule has 64 valence electrons. The zero-order valence-corrected chi connectivity index (χ0v) is 6.92. The molecule has 4 heteroatoms. The number of carboxylic acid groups (broad SMARTS) is 1. The van der Waals surface area contributed by atoms with E-state index >= 15 is 0 Å². The lowest BCUT2D eigenvalue weighted by atomic mass is 9.81. The van der Waals surface area contributed by atoms with Gasteiger partial charge in [-0.1, -0.05) is 13.8 Å². The molecule has 0 bridgehead atoms. The van der Waals surface area contributed by atoms with Crippen LogP contribution in [0.25, 0.3) is 0 Å². The summed E-state index contributed by atoms with van der Waals surface area (Å²) >= 11 is 0. The lowest BCUT2D eigenvalue weighted by Gasteiger charge is -2.24. The van der Waals surface area contributed by atoms with Gasteiger partial charge in [0.15, 0.2) is 0 Å². The lowest BCUT2D eigenvalue weighted by molar-refractivity contribution is -0.145. The zero-order chi connectivity index (χ0) is 9.23. The third-order valence-corrected chi connectivity index (χ3v) is 1.95. The van der Waals surface area contributed by atoms with Crippen molar-refractivity contribution >= 4 is 11.8 Å². The summed E-state index contributed by atoms with van der Waals surface area (Å²) in [6.45, 7) is 4.38. The Bertz CT molecular complexity index is 186. The van der Waals surface area contributed by atoms with Crippen LogP contribution in [0.3, 0.4) is 0 Å². The van der Waals surface area contributed by atoms with Crippen LogP contribution in [0.15, 0.2) is 0 Å². The Morgan fingerprint density at radius 2 is 1.82 bits per heavy atom. The van der Waals surface area contributed by atoms with Crippen LogP contribution in [0.2, 0.25) is 0 Å². The molecular formula is C7H13NO3. The molecule has 0 saturated carbocycles. The van der Waals surface area contributed by atoms with Crippen molar-refractivity contribution in [2.24, 2.45) is 11.1 Å². The van der Waals surface area contributed by atoms with Gasteiger partial charge in [-0.05, 0) is 6.92 Å². The van der Waals surface area contributed by atoms with E-state index in [1.54, 1.807) is 0 Å². The number of aliphatic carboxylic acids is 1. The van der Waals surface area contributed by atoms with Gasteiger partial charge in [0.2, 0.25) is 0 Å². The first-order valence-corrected chi connectivity index (χ1v) is 3.29. The first kappa shape index (κ1) is 10.1. The quantitative estimate of drug-likeness (QED) is 0.608. The van der Waals surface area contributed by atoms with Gasteiger partial charge < -0.3 is 10.8 Å². The summed E-state index contributed by atoms with van der Waals surface area (Å²) in [7, 11) is 0. The van der Waals surface area contributed by atoms with E-state index in [0.29, 0.717) is 0 Å². The van der Waals surface area contributed by atoms with Crippen LogP contribution in [0.1, 0.15) is 20.8 Å². The number of rotatable bonds is 3. The number of carbonyl (C=O) groups excluding carboxylic acids is 1. The average Bonchev–Trinajstić information content (AvgIpc) is 1.85. The Labute approximate surface area is 65.4 Å². The molecule has 0 aromatic carbocycles. The largest absolute Gasteiger partial charge is 0.480 e. The Morgan fingerprint density at radius 3 is 1.91 bits per heavy atom. The van der Waals surface area contributed by atoms with Crippen molar-refractivity contribution < 1.29 is 14.7 Å². The second-order valence-electron chi connectivity index (χ2n) is 3.09. The molecule has 0 fully saturated rings. The van der Waals surface area contributed by atoms with Crippen LogP contribution < -0.4 is 5.73 Å². The normalized spacial score (nSPS) is 14.2. The molecule has 0 aliphatic carbocycles. The number of hydrogen-bond acceptors (Lipinski definition) is 3. The maximum atomic E-state index is 10.9. The van der Waals surface area contributed by atoms with E-state index in [2.05, 4.69) is 0 Å². The molecule has 3 N–H and O–H groups in total. The van der Waals surface area contributed by atoms with Gasteiger partial charge in [-0.15, -0.1) is 0 Å². The monoisotopic (exact) mass is 159 g/mol. The fourth-order valence-corrected chi connectivity index (χ4v) is 0.528. The van der Waals surface area contributed by atoms with Crippen molar-refractivity contribution in [3.63, 3.8) is 0 Å². The van der Waals surface area contributed by atoms with Gasteiger partial charge >= 0.3 is 5.97 Å². The second-order valence-corrected chi connectivity index (χ2v) is 3.09. The van der Waals surface area contributed by atoms with E-state index < -0.39 is 17.4 Å². The van der Waals surface area contributed by atoms with Crippen molar-refractivity contribution in [1.29, 1.82) is 0 Å². The average molecular weight is 159 g/mol. The minimum atomic E-state index is -1.15. The topological polar surface area (TPSA) is 80.4 Å².